The molecule has 0 radical (unpaired) electrons. The van der Waals surface area contributed by atoms with Crippen LogP contribution in [-0.2, 0) is 5.54 Å². The van der Waals surface area contributed by atoms with Crippen molar-refractivity contribution in [3.63, 3.8) is 0 Å². The van der Waals surface area contributed by atoms with E-state index in [1.54, 1.807) is 6.20 Å². The predicted octanol–water partition coefficient (Wildman–Crippen LogP) is 2.86. The van der Waals surface area contributed by atoms with E-state index in [2.05, 4.69) is 30.2 Å². The fraction of sp³-hybridized carbons (Fsp3) is 0.643. The monoisotopic (exact) mass is 234 g/mol. The summed E-state index contributed by atoms with van der Waals surface area (Å²) in [7, 11) is 0. The van der Waals surface area contributed by atoms with Crippen LogP contribution in [0.4, 0.5) is 0 Å². The first kappa shape index (κ1) is 12.4. The van der Waals surface area contributed by atoms with Crippen LogP contribution < -0.4 is 10.1 Å². The molecule has 0 aromatic carbocycles. The average molecular weight is 234 g/mol. The molecule has 0 amide bonds. The van der Waals surface area contributed by atoms with E-state index in [9.17, 15) is 0 Å². The molecule has 3 heteroatoms. The summed E-state index contributed by atoms with van der Waals surface area (Å²) in [6.07, 6.45) is 8.35. The molecule has 0 spiro atoms. The standard InChI is InChI=1S/C14H22N2O/c1-3-8-17-13-9-12(10-15-11-13)14(4-2)6-5-7-16-14/h9-11,16H,3-8H2,1-2H3. The molecule has 94 valence electrons. The Kier molecular flexibility index (Phi) is 4.00. The number of aromatic nitrogens is 1. The molecular weight excluding hydrogens is 212 g/mol. The first-order chi connectivity index (χ1) is 8.30. The van der Waals surface area contributed by atoms with E-state index >= 15 is 0 Å². The van der Waals surface area contributed by atoms with Crippen molar-refractivity contribution in [2.24, 2.45) is 0 Å². The molecule has 17 heavy (non-hydrogen) atoms. The average Bonchev–Trinajstić information content (AvgIpc) is 2.87. The second-order valence-corrected chi connectivity index (χ2v) is 4.72. The smallest absolute Gasteiger partial charge is 0.137 e. The van der Waals surface area contributed by atoms with Gasteiger partial charge in [-0.1, -0.05) is 13.8 Å². The van der Waals surface area contributed by atoms with Crippen molar-refractivity contribution in [1.82, 2.24) is 10.3 Å². The third-order valence-electron chi connectivity index (χ3n) is 3.59. The third-order valence-corrected chi connectivity index (χ3v) is 3.59. The first-order valence-electron chi connectivity index (χ1n) is 6.64. The highest BCUT2D eigenvalue weighted by Gasteiger charge is 2.33. The van der Waals surface area contributed by atoms with E-state index in [0.29, 0.717) is 0 Å². The second-order valence-electron chi connectivity index (χ2n) is 4.72. The Bertz CT molecular complexity index is 359. The summed E-state index contributed by atoms with van der Waals surface area (Å²) < 4.78 is 5.65. The van der Waals surface area contributed by atoms with Crippen molar-refractivity contribution in [3.05, 3.63) is 24.0 Å². The largest absolute Gasteiger partial charge is 0.492 e. The molecule has 1 aliphatic heterocycles. The van der Waals surface area contributed by atoms with Gasteiger partial charge in [-0.15, -0.1) is 0 Å². The van der Waals surface area contributed by atoms with Crippen LogP contribution in [0.25, 0.3) is 0 Å². The van der Waals surface area contributed by atoms with Gasteiger partial charge in [0, 0.05) is 11.7 Å². The molecule has 0 aliphatic carbocycles. The maximum Gasteiger partial charge on any atom is 0.137 e. The van der Waals surface area contributed by atoms with Crippen molar-refractivity contribution in [2.75, 3.05) is 13.2 Å². The molecule has 0 saturated carbocycles. The third kappa shape index (κ3) is 2.60. The maximum absolute atomic E-state index is 5.65. The lowest BCUT2D eigenvalue weighted by Gasteiger charge is -2.28. The van der Waals surface area contributed by atoms with Crippen LogP contribution in [0.3, 0.4) is 0 Å². The summed E-state index contributed by atoms with van der Waals surface area (Å²) in [6.45, 7) is 6.22. The fourth-order valence-corrected chi connectivity index (χ4v) is 2.54. The number of rotatable bonds is 5. The Labute approximate surface area is 104 Å². The van der Waals surface area contributed by atoms with Crippen LogP contribution in [-0.4, -0.2) is 18.1 Å². The van der Waals surface area contributed by atoms with Crippen molar-refractivity contribution in [3.8, 4) is 5.75 Å². The summed E-state index contributed by atoms with van der Waals surface area (Å²) in [4.78, 5) is 4.31. The Morgan fingerprint density at radius 2 is 2.29 bits per heavy atom. The summed E-state index contributed by atoms with van der Waals surface area (Å²) in [5.41, 5.74) is 1.39. The van der Waals surface area contributed by atoms with Crippen LogP contribution in [0.2, 0.25) is 0 Å². The number of pyridine rings is 1. The summed E-state index contributed by atoms with van der Waals surface area (Å²) in [5.74, 6) is 0.894. The Balaban J connectivity index is 2.19. The lowest BCUT2D eigenvalue weighted by Crippen LogP contribution is -2.36. The molecule has 0 bridgehead atoms. The zero-order chi connectivity index (χ0) is 12.1. The van der Waals surface area contributed by atoms with E-state index in [1.807, 2.05) is 6.20 Å². The summed E-state index contributed by atoms with van der Waals surface area (Å²) in [6, 6.07) is 2.14. The molecule has 1 fully saturated rings. The van der Waals surface area contributed by atoms with Crippen molar-refractivity contribution in [1.29, 1.82) is 0 Å². The molecule has 1 saturated heterocycles. The highest BCUT2D eigenvalue weighted by molar-refractivity contribution is 5.30. The van der Waals surface area contributed by atoms with Crippen molar-refractivity contribution >= 4 is 0 Å². The number of ether oxygens (including phenoxy) is 1. The molecule has 1 atom stereocenters. The van der Waals surface area contributed by atoms with Gasteiger partial charge in [-0.2, -0.15) is 0 Å². The lowest BCUT2D eigenvalue weighted by molar-refractivity contribution is 0.312. The molecule has 1 N–H and O–H groups in total. The number of hydrogen-bond acceptors (Lipinski definition) is 3. The van der Waals surface area contributed by atoms with Gasteiger partial charge in [-0.25, -0.2) is 0 Å². The Morgan fingerprint density at radius 1 is 1.41 bits per heavy atom. The molecule has 1 aromatic rings. The van der Waals surface area contributed by atoms with Gasteiger partial charge >= 0.3 is 0 Å². The summed E-state index contributed by atoms with van der Waals surface area (Å²) in [5, 5.41) is 3.62. The number of nitrogens with one attached hydrogen (secondary N) is 1. The zero-order valence-electron chi connectivity index (χ0n) is 10.8. The minimum atomic E-state index is 0.124. The second kappa shape index (κ2) is 5.50. The highest BCUT2D eigenvalue weighted by Crippen LogP contribution is 2.34. The Morgan fingerprint density at radius 3 is 2.94 bits per heavy atom. The van der Waals surface area contributed by atoms with Crippen LogP contribution in [0.1, 0.15) is 45.1 Å². The van der Waals surface area contributed by atoms with Gasteiger partial charge in [-0.05, 0) is 43.9 Å². The zero-order valence-corrected chi connectivity index (χ0v) is 10.8. The minimum absolute atomic E-state index is 0.124. The van der Waals surface area contributed by atoms with Crippen LogP contribution in [0.5, 0.6) is 5.75 Å². The van der Waals surface area contributed by atoms with E-state index in [-0.39, 0.29) is 5.54 Å². The number of nitrogens with zero attached hydrogens (tertiary/aromatic N) is 1. The molecular formula is C14H22N2O. The molecule has 1 unspecified atom stereocenters. The topological polar surface area (TPSA) is 34.1 Å². The first-order valence-corrected chi connectivity index (χ1v) is 6.64. The quantitative estimate of drug-likeness (QED) is 0.850. The summed E-state index contributed by atoms with van der Waals surface area (Å²) >= 11 is 0. The number of hydrogen-bond donors (Lipinski definition) is 1. The van der Waals surface area contributed by atoms with E-state index in [1.165, 1.54) is 18.4 Å². The lowest BCUT2D eigenvalue weighted by atomic mass is 9.87. The molecule has 1 aliphatic rings. The van der Waals surface area contributed by atoms with E-state index in [4.69, 9.17) is 4.74 Å². The van der Waals surface area contributed by atoms with Gasteiger partial charge in [0.05, 0.1) is 12.8 Å². The maximum atomic E-state index is 5.65. The van der Waals surface area contributed by atoms with Crippen LogP contribution >= 0.6 is 0 Å². The minimum Gasteiger partial charge on any atom is -0.492 e. The van der Waals surface area contributed by atoms with Crippen molar-refractivity contribution in [2.45, 2.75) is 45.1 Å². The molecule has 2 rings (SSSR count). The normalized spacial score (nSPS) is 23.9. The molecule has 3 nitrogen and oxygen atoms in total. The highest BCUT2D eigenvalue weighted by atomic mass is 16.5. The Hall–Kier alpha value is -1.09. The van der Waals surface area contributed by atoms with Gasteiger partial charge in [-0.3, -0.25) is 4.98 Å². The van der Waals surface area contributed by atoms with E-state index in [0.717, 1.165) is 31.7 Å². The van der Waals surface area contributed by atoms with Crippen molar-refractivity contribution < 1.29 is 4.74 Å². The predicted molar refractivity (Wildman–Crippen MR) is 69.2 cm³/mol. The van der Waals surface area contributed by atoms with Crippen LogP contribution in [0, 0.1) is 0 Å². The van der Waals surface area contributed by atoms with Gasteiger partial charge in [0.25, 0.3) is 0 Å². The van der Waals surface area contributed by atoms with Gasteiger partial charge in [0.2, 0.25) is 0 Å². The van der Waals surface area contributed by atoms with Crippen LogP contribution in [0.15, 0.2) is 18.5 Å². The SMILES string of the molecule is CCCOc1cncc(C2(CC)CCCN2)c1. The fourth-order valence-electron chi connectivity index (χ4n) is 2.54. The molecule has 1 aromatic heterocycles. The van der Waals surface area contributed by atoms with Gasteiger partial charge in [0.15, 0.2) is 0 Å². The molecule has 2 heterocycles. The van der Waals surface area contributed by atoms with Gasteiger partial charge < -0.3 is 10.1 Å². The van der Waals surface area contributed by atoms with Gasteiger partial charge in [0.1, 0.15) is 5.75 Å². The van der Waals surface area contributed by atoms with E-state index < -0.39 is 0 Å².